The fourth-order valence-electron chi connectivity index (χ4n) is 2.83. The quantitative estimate of drug-likeness (QED) is 0.446. The van der Waals surface area contributed by atoms with Gasteiger partial charge in [0.2, 0.25) is 0 Å². The molecule has 1 heterocycles. The van der Waals surface area contributed by atoms with E-state index in [9.17, 15) is 23.1 Å². The van der Waals surface area contributed by atoms with Gasteiger partial charge in [0, 0.05) is 11.6 Å². The Balaban J connectivity index is 1.74. The molecule has 0 radical (unpaired) electrons. The zero-order valence-electron chi connectivity index (χ0n) is 17.9. The summed E-state index contributed by atoms with van der Waals surface area (Å²) in [7, 11) is 0. The van der Waals surface area contributed by atoms with Crippen molar-refractivity contribution in [2.24, 2.45) is 0 Å². The zero-order valence-corrected chi connectivity index (χ0v) is 18.7. The van der Waals surface area contributed by atoms with Gasteiger partial charge in [0.05, 0.1) is 16.1 Å². The number of carboxylic acids is 1. The number of hydrogen-bond acceptors (Lipinski definition) is 5. The van der Waals surface area contributed by atoms with Crippen molar-refractivity contribution in [1.29, 1.82) is 0 Å². The predicted molar refractivity (Wildman–Crippen MR) is 115 cm³/mol. The Kier molecular flexibility index (Phi) is 6.50. The Morgan fingerprint density at radius 2 is 1.69 bits per heavy atom. The van der Waals surface area contributed by atoms with Crippen molar-refractivity contribution in [3.8, 4) is 22.1 Å². The molecule has 0 amide bonds. The maximum atomic E-state index is 12.8. The van der Waals surface area contributed by atoms with Crippen molar-refractivity contribution in [3.05, 3.63) is 64.2 Å². The number of aryl methyl sites for hydroxylation is 2. The van der Waals surface area contributed by atoms with Gasteiger partial charge in [0.25, 0.3) is 0 Å². The minimum atomic E-state index is -4.38. The molecule has 0 fully saturated rings. The molecule has 0 aliphatic heterocycles. The van der Waals surface area contributed by atoms with E-state index in [-0.39, 0.29) is 6.61 Å². The molecular formula is C23H22F3NO4S. The van der Waals surface area contributed by atoms with Crippen molar-refractivity contribution in [1.82, 2.24) is 4.98 Å². The lowest BCUT2D eigenvalue weighted by molar-refractivity contribution is -0.152. The van der Waals surface area contributed by atoms with Crippen LogP contribution in [0, 0.1) is 13.8 Å². The molecule has 32 heavy (non-hydrogen) atoms. The lowest BCUT2D eigenvalue weighted by atomic mass is 10.1. The number of ether oxygens (including phenoxy) is 2. The molecule has 0 aliphatic rings. The summed E-state index contributed by atoms with van der Waals surface area (Å²) in [5, 5.41) is 9.86. The van der Waals surface area contributed by atoms with Gasteiger partial charge in [-0.25, -0.2) is 9.78 Å². The number of aliphatic carboxylic acids is 1. The Hall–Kier alpha value is -3.07. The molecule has 3 aromatic rings. The van der Waals surface area contributed by atoms with Crippen LogP contribution in [0.25, 0.3) is 10.6 Å². The van der Waals surface area contributed by atoms with E-state index < -0.39 is 23.3 Å². The Morgan fingerprint density at radius 3 is 2.28 bits per heavy atom. The first kappa shape index (κ1) is 23.6. The van der Waals surface area contributed by atoms with Gasteiger partial charge in [-0.2, -0.15) is 13.2 Å². The summed E-state index contributed by atoms with van der Waals surface area (Å²) in [6, 6.07) is 10.0. The number of benzene rings is 2. The summed E-state index contributed by atoms with van der Waals surface area (Å²) < 4.78 is 49.8. The lowest BCUT2D eigenvalue weighted by Gasteiger charge is -2.22. The molecule has 0 bridgehead atoms. The summed E-state index contributed by atoms with van der Waals surface area (Å²) in [4.78, 5) is 16.6. The molecule has 0 saturated heterocycles. The maximum Gasteiger partial charge on any atom is 0.416 e. The second-order valence-corrected chi connectivity index (χ2v) is 8.87. The van der Waals surface area contributed by atoms with Crippen LogP contribution in [0.15, 0.2) is 42.5 Å². The van der Waals surface area contributed by atoms with E-state index >= 15 is 0 Å². The third-order valence-corrected chi connectivity index (χ3v) is 5.81. The first-order valence-corrected chi connectivity index (χ1v) is 10.5. The third kappa shape index (κ3) is 5.59. The van der Waals surface area contributed by atoms with Crippen LogP contribution >= 0.6 is 11.3 Å². The van der Waals surface area contributed by atoms with Crippen molar-refractivity contribution in [3.63, 3.8) is 0 Å². The number of halogens is 3. The van der Waals surface area contributed by atoms with Crippen molar-refractivity contribution < 1.29 is 32.5 Å². The first-order chi connectivity index (χ1) is 14.8. The highest BCUT2D eigenvalue weighted by molar-refractivity contribution is 7.15. The summed E-state index contributed by atoms with van der Waals surface area (Å²) in [6.45, 7) is 6.77. The molecule has 0 aliphatic carbocycles. The van der Waals surface area contributed by atoms with Crippen LogP contribution in [0.1, 0.15) is 35.5 Å². The molecule has 0 saturated carbocycles. The molecule has 5 nitrogen and oxygen atoms in total. The first-order valence-electron chi connectivity index (χ1n) is 9.66. The maximum absolute atomic E-state index is 12.8. The van der Waals surface area contributed by atoms with E-state index in [1.807, 2.05) is 13.8 Å². The van der Waals surface area contributed by atoms with Crippen LogP contribution in [0.4, 0.5) is 13.2 Å². The number of alkyl halides is 3. The summed E-state index contributed by atoms with van der Waals surface area (Å²) >= 11 is 1.34. The van der Waals surface area contributed by atoms with Crippen LogP contribution in [0.5, 0.6) is 11.5 Å². The second-order valence-electron chi connectivity index (χ2n) is 7.79. The molecule has 0 unspecified atom stereocenters. The molecule has 1 N–H and O–H groups in total. The van der Waals surface area contributed by atoms with Crippen LogP contribution < -0.4 is 9.47 Å². The fourth-order valence-corrected chi connectivity index (χ4v) is 3.81. The van der Waals surface area contributed by atoms with E-state index in [1.165, 1.54) is 37.3 Å². The standard InChI is InChI=1S/C23H22F3NO4S/c1-13-9-17(11-18(10-13)31-22(3,4)21(28)29)30-12-19-14(2)27-20(32-19)15-5-7-16(8-6-15)23(24,25)26/h5-11H,12H2,1-4H3,(H,28,29). The number of nitrogens with zero attached hydrogens (tertiary/aromatic N) is 1. The van der Waals surface area contributed by atoms with Gasteiger partial charge in [0.1, 0.15) is 23.1 Å². The van der Waals surface area contributed by atoms with Crippen LogP contribution in [0.3, 0.4) is 0 Å². The van der Waals surface area contributed by atoms with Crippen LogP contribution in [-0.2, 0) is 17.6 Å². The molecule has 170 valence electrons. The lowest BCUT2D eigenvalue weighted by Crippen LogP contribution is -2.37. The minimum Gasteiger partial charge on any atom is -0.488 e. The zero-order chi connectivity index (χ0) is 23.7. The van der Waals surface area contributed by atoms with Crippen LogP contribution in [-0.4, -0.2) is 21.7 Å². The van der Waals surface area contributed by atoms with Gasteiger partial charge in [-0.1, -0.05) is 12.1 Å². The van der Waals surface area contributed by atoms with E-state index in [2.05, 4.69) is 4.98 Å². The highest BCUT2D eigenvalue weighted by Crippen LogP contribution is 2.34. The van der Waals surface area contributed by atoms with Gasteiger partial charge in [-0.15, -0.1) is 11.3 Å². The topological polar surface area (TPSA) is 68.7 Å². The molecule has 2 aromatic carbocycles. The summed E-state index contributed by atoms with van der Waals surface area (Å²) in [6.07, 6.45) is -4.38. The molecule has 0 spiro atoms. The number of rotatable bonds is 7. The molecular weight excluding hydrogens is 443 g/mol. The van der Waals surface area contributed by atoms with E-state index in [4.69, 9.17) is 9.47 Å². The smallest absolute Gasteiger partial charge is 0.416 e. The third-order valence-electron chi connectivity index (χ3n) is 4.63. The minimum absolute atomic E-state index is 0.204. The average molecular weight is 465 g/mol. The summed E-state index contributed by atoms with van der Waals surface area (Å²) in [5.74, 6) is -0.207. The van der Waals surface area contributed by atoms with Crippen molar-refractivity contribution in [2.45, 2.75) is 46.1 Å². The Bertz CT molecular complexity index is 1120. The largest absolute Gasteiger partial charge is 0.488 e. The number of aromatic nitrogens is 1. The number of carboxylic acid groups (broad SMARTS) is 1. The average Bonchev–Trinajstić information content (AvgIpc) is 3.05. The van der Waals surface area contributed by atoms with Crippen molar-refractivity contribution in [2.75, 3.05) is 0 Å². The van der Waals surface area contributed by atoms with Gasteiger partial charge in [0.15, 0.2) is 5.60 Å². The summed E-state index contributed by atoms with van der Waals surface area (Å²) in [5.41, 5.74) is 0.0583. The number of carbonyl (C=O) groups is 1. The van der Waals surface area contributed by atoms with Gasteiger partial charge >= 0.3 is 12.1 Å². The molecule has 0 atom stereocenters. The fraction of sp³-hybridized carbons (Fsp3) is 0.304. The monoisotopic (exact) mass is 465 g/mol. The highest BCUT2D eigenvalue weighted by atomic mass is 32.1. The number of hydrogen-bond donors (Lipinski definition) is 1. The highest BCUT2D eigenvalue weighted by Gasteiger charge is 2.30. The van der Waals surface area contributed by atoms with Crippen molar-refractivity contribution >= 4 is 17.3 Å². The van der Waals surface area contributed by atoms with Crippen LogP contribution in [0.2, 0.25) is 0 Å². The number of thiazole rings is 1. The molecule has 9 heteroatoms. The normalized spacial score (nSPS) is 12.0. The van der Waals surface area contributed by atoms with Gasteiger partial charge in [-0.3, -0.25) is 0 Å². The Morgan fingerprint density at radius 1 is 1.06 bits per heavy atom. The van der Waals surface area contributed by atoms with E-state index in [1.54, 1.807) is 18.2 Å². The predicted octanol–water partition coefficient (Wildman–Crippen LogP) is 6.27. The van der Waals surface area contributed by atoms with E-state index in [0.717, 1.165) is 28.3 Å². The van der Waals surface area contributed by atoms with E-state index in [0.29, 0.717) is 22.1 Å². The molecule has 1 aromatic heterocycles. The van der Waals surface area contributed by atoms with Gasteiger partial charge in [-0.05, 0) is 57.5 Å². The second kappa shape index (κ2) is 8.82. The van der Waals surface area contributed by atoms with Gasteiger partial charge < -0.3 is 14.6 Å². The molecule has 3 rings (SSSR count). The Labute approximate surface area is 187 Å². The SMILES string of the molecule is Cc1cc(OCc2sc(-c3ccc(C(F)(F)F)cc3)nc2C)cc(OC(C)(C)C(=O)O)c1.